The first-order valence-corrected chi connectivity index (χ1v) is 6.59. The van der Waals surface area contributed by atoms with Crippen molar-refractivity contribution in [3.8, 4) is 11.5 Å². The molecule has 1 saturated carbocycles. The molecule has 2 aromatic rings. The van der Waals surface area contributed by atoms with Crippen LogP contribution in [-0.2, 0) is 5.54 Å². The van der Waals surface area contributed by atoms with Crippen molar-refractivity contribution in [1.29, 1.82) is 0 Å². The summed E-state index contributed by atoms with van der Waals surface area (Å²) in [6.45, 7) is 1.55. The zero-order valence-corrected chi connectivity index (χ0v) is 12.3. The van der Waals surface area contributed by atoms with Gasteiger partial charge in [0.2, 0.25) is 0 Å². The third kappa shape index (κ3) is 2.78. The van der Waals surface area contributed by atoms with Gasteiger partial charge in [-0.3, -0.25) is 0 Å². The summed E-state index contributed by atoms with van der Waals surface area (Å²) < 4.78 is 32.2. The van der Waals surface area contributed by atoms with Gasteiger partial charge in [0.15, 0.2) is 5.82 Å². The van der Waals surface area contributed by atoms with Gasteiger partial charge in [-0.15, -0.1) is 12.4 Å². The molecule has 1 aliphatic rings. The van der Waals surface area contributed by atoms with Crippen LogP contribution in [0, 0.1) is 18.6 Å². The largest absolute Gasteiger partial charge is 0.334 e. The van der Waals surface area contributed by atoms with Crippen LogP contribution in [0.15, 0.2) is 16.7 Å². The van der Waals surface area contributed by atoms with Crippen LogP contribution in [0.4, 0.5) is 8.78 Å². The van der Waals surface area contributed by atoms with Crippen LogP contribution < -0.4 is 5.73 Å². The van der Waals surface area contributed by atoms with Crippen molar-refractivity contribution >= 4 is 12.4 Å². The number of benzene rings is 1. The quantitative estimate of drug-likeness (QED) is 0.921. The van der Waals surface area contributed by atoms with E-state index < -0.39 is 17.2 Å². The SMILES string of the molecule is Cc1cc(-c2nc(C3(N)CCCC3)no2)c(F)cc1F.Cl. The minimum absolute atomic E-state index is 0. The van der Waals surface area contributed by atoms with E-state index in [1.165, 1.54) is 6.07 Å². The normalized spacial score (nSPS) is 16.8. The molecular weight excluding hydrogens is 300 g/mol. The van der Waals surface area contributed by atoms with Crippen LogP contribution in [0.1, 0.15) is 37.1 Å². The van der Waals surface area contributed by atoms with Gasteiger partial charge in [0, 0.05) is 6.07 Å². The molecule has 3 rings (SSSR count). The monoisotopic (exact) mass is 315 g/mol. The lowest BCUT2D eigenvalue weighted by atomic mass is 9.98. The average molecular weight is 316 g/mol. The summed E-state index contributed by atoms with van der Waals surface area (Å²) >= 11 is 0. The topological polar surface area (TPSA) is 64.9 Å². The summed E-state index contributed by atoms with van der Waals surface area (Å²) in [5, 5.41) is 3.87. The molecule has 7 heteroatoms. The second-order valence-electron chi connectivity index (χ2n) is 5.37. The fraction of sp³-hybridized carbons (Fsp3) is 0.429. The van der Waals surface area contributed by atoms with E-state index in [2.05, 4.69) is 10.1 Å². The zero-order chi connectivity index (χ0) is 14.3. The van der Waals surface area contributed by atoms with Gasteiger partial charge < -0.3 is 10.3 Å². The summed E-state index contributed by atoms with van der Waals surface area (Å²) in [5.41, 5.74) is 6.06. The Morgan fingerprint density at radius 2 is 1.86 bits per heavy atom. The van der Waals surface area contributed by atoms with E-state index in [0.717, 1.165) is 31.7 Å². The van der Waals surface area contributed by atoms with Gasteiger partial charge in [0.05, 0.1) is 11.1 Å². The lowest BCUT2D eigenvalue weighted by molar-refractivity contribution is 0.372. The van der Waals surface area contributed by atoms with Crippen molar-refractivity contribution < 1.29 is 13.3 Å². The molecule has 114 valence electrons. The van der Waals surface area contributed by atoms with Crippen LogP contribution in [0.2, 0.25) is 0 Å². The molecule has 0 bridgehead atoms. The van der Waals surface area contributed by atoms with E-state index in [0.29, 0.717) is 11.4 Å². The van der Waals surface area contributed by atoms with Gasteiger partial charge in [-0.1, -0.05) is 18.0 Å². The highest BCUT2D eigenvalue weighted by molar-refractivity contribution is 5.85. The van der Waals surface area contributed by atoms with E-state index in [-0.39, 0.29) is 23.9 Å². The van der Waals surface area contributed by atoms with E-state index in [1.54, 1.807) is 6.92 Å². The Balaban J connectivity index is 0.00000161. The highest BCUT2D eigenvalue weighted by Crippen LogP contribution is 2.35. The first-order valence-electron chi connectivity index (χ1n) is 6.59. The molecule has 0 unspecified atom stereocenters. The Bertz CT molecular complexity index is 654. The van der Waals surface area contributed by atoms with E-state index in [4.69, 9.17) is 10.3 Å². The zero-order valence-electron chi connectivity index (χ0n) is 11.5. The molecule has 0 radical (unpaired) electrons. The van der Waals surface area contributed by atoms with Crippen molar-refractivity contribution in [2.24, 2.45) is 5.73 Å². The van der Waals surface area contributed by atoms with E-state index in [1.807, 2.05) is 0 Å². The summed E-state index contributed by atoms with van der Waals surface area (Å²) in [4.78, 5) is 4.20. The molecule has 1 aromatic heterocycles. The number of nitrogens with zero attached hydrogens (tertiary/aromatic N) is 2. The van der Waals surface area contributed by atoms with Gasteiger partial charge in [-0.2, -0.15) is 4.98 Å². The maximum absolute atomic E-state index is 13.8. The first-order chi connectivity index (χ1) is 9.49. The number of halogens is 3. The number of aryl methyl sites for hydroxylation is 1. The van der Waals surface area contributed by atoms with Crippen LogP contribution in [0.25, 0.3) is 11.5 Å². The smallest absolute Gasteiger partial charge is 0.260 e. The Labute approximate surface area is 127 Å². The third-order valence-corrected chi connectivity index (χ3v) is 3.85. The van der Waals surface area contributed by atoms with Gasteiger partial charge in [-0.05, 0) is 31.4 Å². The summed E-state index contributed by atoms with van der Waals surface area (Å²) in [6.07, 6.45) is 3.61. The predicted molar refractivity (Wildman–Crippen MR) is 76.0 cm³/mol. The Kier molecular flexibility index (Phi) is 4.30. The Hall–Kier alpha value is -1.53. The maximum Gasteiger partial charge on any atom is 0.260 e. The molecule has 1 fully saturated rings. The number of aromatic nitrogens is 2. The number of hydrogen-bond acceptors (Lipinski definition) is 4. The Morgan fingerprint density at radius 3 is 2.52 bits per heavy atom. The van der Waals surface area contributed by atoms with Crippen molar-refractivity contribution in [3.63, 3.8) is 0 Å². The number of nitrogens with two attached hydrogens (primary N) is 1. The van der Waals surface area contributed by atoms with Crippen molar-refractivity contribution in [3.05, 3.63) is 35.2 Å². The lowest BCUT2D eigenvalue weighted by Crippen LogP contribution is -2.34. The van der Waals surface area contributed by atoms with Gasteiger partial charge in [-0.25, -0.2) is 8.78 Å². The molecule has 0 aliphatic heterocycles. The van der Waals surface area contributed by atoms with Gasteiger partial charge in [0.1, 0.15) is 11.6 Å². The van der Waals surface area contributed by atoms with Crippen molar-refractivity contribution in [2.45, 2.75) is 38.1 Å². The average Bonchev–Trinajstić information content (AvgIpc) is 3.03. The summed E-state index contributed by atoms with van der Waals surface area (Å²) in [7, 11) is 0. The summed E-state index contributed by atoms with van der Waals surface area (Å²) in [6, 6.07) is 2.18. The highest BCUT2D eigenvalue weighted by Gasteiger charge is 2.36. The first kappa shape index (κ1) is 15.9. The molecular formula is C14H16ClF2N3O. The van der Waals surface area contributed by atoms with E-state index in [9.17, 15) is 8.78 Å². The van der Waals surface area contributed by atoms with Crippen LogP contribution in [0.3, 0.4) is 0 Å². The molecule has 0 saturated heterocycles. The second-order valence-corrected chi connectivity index (χ2v) is 5.37. The molecule has 0 spiro atoms. The molecule has 0 amide bonds. The fourth-order valence-corrected chi connectivity index (χ4v) is 2.59. The number of rotatable bonds is 2. The molecule has 0 atom stereocenters. The van der Waals surface area contributed by atoms with Gasteiger partial charge >= 0.3 is 0 Å². The molecule has 21 heavy (non-hydrogen) atoms. The molecule has 4 nitrogen and oxygen atoms in total. The predicted octanol–water partition coefficient (Wildman–Crippen LogP) is 3.47. The van der Waals surface area contributed by atoms with Crippen molar-refractivity contribution in [1.82, 2.24) is 10.1 Å². The van der Waals surface area contributed by atoms with Gasteiger partial charge in [0.25, 0.3) is 5.89 Å². The molecule has 1 aliphatic carbocycles. The molecule has 2 N–H and O–H groups in total. The molecule has 1 aromatic carbocycles. The summed E-state index contributed by atoms with van der Waals surface area (Å²) in [5.74, 6) is -0.887. The van der Waals surface area contributed by atoms with Crippen LogP contribution in [0.5, 0.6) is 0 Å². The van der Waals surface area contributed by atoms with Crippen molar-refractivity contribution in [2.75, 3.05) is 0 Å². The molecule has 1 heterocycles. The maximum atomic E-state index is 13.8. The number of hydrogen-bond donors (Lipinski definition) is 1. The van der Waals surface area contributed by atoms with Crippen LogP contribution in [-0.4, -0.2) is 10.1 Å². The minimum atomic E-state index is -0.721. The third-order valence-electron chi connectivity index (χ3n) is 3.85. The van der Waals surface area contributed by atoms with E-state index >= 15 is 0 Å². The highest BCUT2D eigenvalue weighted by atomic mass is 35.5. The fourth-order valence-electron chi connectivity index (χ4n) is 2.59. The standard InChI is InChI=1S/C14H15F2N3O.ClH/c1-8-6-9(11(16)7-10(8)15)12-18-13(19-20-12)14(17)4-2-3-5-14;/h6-7H,2-5,17H2,1H3;1H. The Morgan fingerprint density at radius 1 is 1.19 bits per heavy atom. The second kappa shape index (κ2) is 5.69. The van der Waals surface area contributed by atoms with Crippen LogP contribution >= 0.6 is 12.4 Å². The minimum Gasteiger partial charge on any atom is -0.334 e. The lowest BCUT2D eigenvalue weighted by Gasteiger charge is -2.17.